The van der Waals surface area contributed by atoms with Gasteiger partial charge in [-0.2, -0.15) is 0 Å². The van der Waals surface area contributed by atoms with Crippen LogP contribution in [-0.4, -0.2) is 35.7 Å². The van der Waals surface area contributed by atoms with Crippen LogP contribution in [0.2, 0.25) is 0 Å². The summed E-state index contributed by atoms with van der Waals surface area (Å²) in [4.78, 5) is 39.0. The summed E-state index contributed by atoms with van der Waals surface area (Å²) in [7, 11) is 0. The van der Waals surface area contributed by atoms with Crippen LogP contribution >= 0.6 is 0 Å². The van der Waals surface area contributed by atoms with Crippen LogP contribution in [-0.2, 0) is 14.4 Å². The highest BCUT2D eigenvalue weighted by Gasteiger charge is 2.51. The minimum Gasteiger partial charge on any atom is -0.356 e. The average molecular weight is 393 g/mol. The Morgan fingerprint density at radius 1 is 1.21 bits per heavy atom. The number of hydrogen-bond donors (Lipinski definition) is 1. The summed E-state index contributed by atoms with van der Waals surface area (Å²) in [6, 6.07) is 0. The van der Waals surface area contributed by atoms with E-state index in [-0.39, 0.29) is 35.0 Å². The van der Waals surface area contributed by atoms with Crippen molar-refractivity contribution in [1.82, 2.24) is 10.2 Å². The molecule has 0 aromatic heterocycles. The Morgan fingerprint density at radius 3 is 2.39 bits per heavy atom. The Kier molecular flexibility index (Phi) is 7.33. The standard InChI is InChI=1S/C23H40N2O3/c1-7-23(16(2)3)15-19(26)25(21(23)28)13-9-8-12-24-20(27)17-10-11-18(14-17)22(4,5)6/h16-18H,7-15H2,1-6H3,(H,24,27)/t17?,18-,23?/m0/s1. The molecule has 2 rings (SSSR count). The van der Waals surface area contributed by atoms with Crippen molar-refractivity contribution in [2.45, 2.75) is 86.5 Å². The van der Waals surface area contributed by atoms with Gasteiger partial charge in [0.2, 0.25) is 17.7 Å². The topological polar surface area (TPSA) is 66.5 Å². The van der Waals surface area contributed by atoms with Gasteiger partial charge >= 0.3 is 0 Å². The van der Waals surface area contributed by atoms with Gasteiger partial charge in [-0.05, 0) is 55.8 Å². The molecule has 0 aromatic carbocycles. The molecule has 5 heteroatoms. The maximum Gasteiger partial charge on any atom is 0.236 e. The predicted octanol–water partition coefficient (Wildman–Crippen LogP) is 4.16. The zero-order valence-electron chi connectivity index (χ0n) is 18.8. The maximum atomic E-state index is 12.8. The number of unbranched alkanes of at least 4 members (excludes halogenated alkanes) is 1. The lowest BCUT2D eigenvalue weighted by atomic mass is 9.73. The molecule has 1 N–H and O–H groups in total. The zero-order valence-corrected chi connectivity index (χ0v) is 18.8. The molecule has 160 valence electrons. The monoisotopic (exact) mass is 392 g/mol. The van der Waals surface area contributed by atoms with Gasteiger partial charge in [0.1, 0.15) is 0 Å². The summed E-state index contributed by atoms with van der Waals surface area (Å²) >= 11 is 0. The number of likely N-dealkylation sites (tertiary alicyclic amines) is 1. The summed E-state index contributed by atoms with van der Waals surface area (Å²) in [6.45, 7) is 13.9. The van der Waals surface area contributed by atoms with E-state index in [1.807, 2.05) is 20.8 Å². The first-order chi connectivity index (χ1) is 13.0. The number of hydrogen-bond acceptors (Lipinski definition) is 3. The van der Waals surface area contributed by atoms with Crippen LogP contribution in [0.15, 0.2) is 0 Å². The van der Waals surface area contributed by atoms with Crippen molar-refractivity contribution in [3.05, 3.63) is 0 Å². The fraction of sp³-hybridized carbons (Fsp3) is 0.870. The van der Waals surface area contributed by atoms with E-state index in [9.17, 15) is 14.4 Å². The fourth-order valence-corrected chi connectivity index (χ4v) is 4.94. The number of carbonyl (C=O) groups is 3. The van der Waals surface area contributed by atoms with Gasteiger partial charge in [0.25, 0.3) is 0 Å². The summed E-state index contributed by atoms with van der Waals surface area (Å²) in [5.74, 6) is 1.06. The number of rotatable bonds is 8. The molecule has 0 aromatic rings. The normalized spacial score (nSPS) is 28.5. The van der Waals surface area contributed by atoms with Crippen molar-refractivity contribution in [3.63, 3.8) is 0 Å². The lowest BCUT2D eigenvalue weighted by molar-refractivity contribution is -0.142. The van der Waals surface area contributed by atoms with Gasteiger partial charge < -0.3 is 5.32 Å². The molecular weight excluding hydrogens is 352 g/mol. The quantitative estimate of drug-likeness (QED) is 0.498. The van der Waals surface area contributed by atoms with E-state index in [2.05, 4.69) is 26.1 Å². The maximum absolute atomic E-state index is 12.8. The highest BCUT2D eigenvalue weighted by atomic mass is 16.2. The van der Waals surface area contributed by atoms with E-state index in [0.29, 0.717) is 31.8 Å². The molecule has 0 spiro atoms. The number of amides is 3. The highest BCUT2D eigenvalue weighted by Crippen LogP contribution is 2.43. The minimum absolute atomic E-state index is 0.00165. The molecule has 3 atom stereocenters. The SMILES string of the molecule is CCC1(C(C)C)CC(=O)N(CCCCNC(=O)C2CC[C@H](C(C)(C)C)C2)C1=O. The fourth-order valence-electron chi connectivity index (χ4n) is 4.94. The molecule has 2 unspecified atom stereocenters. The second-order valence-corrected chi connectivity index (χ2v) is 10.3. The summed E-state index contributed by atoms with van der Waals surface area (Å²) < 4.78 is 0. The Labute approximate surface area is 171 Å². The molecule has 1 saturated carbocycles. The third-order valence-corrected chi connectivity index (χ3v) is 7.31. The number of nitrogens with zero attached hydrogens (tertiary/aromatic N) is 1. The van der Waals surface area contributed by atoms with E-state index >= 15 is 0 Å². The van der Waals surface area contributed by atoms with Crippen LogP contribution in [0.1, 0.15) is 86.5 Å². The second kappa shape index (κ2) is 8.96. The zero-order chi connectivity index (χ0) is 21.1. The molecule has 1 aliphatic carbocycles. The van der Waals surface area contributed by atoms with E-state index in [4.69, 9.17) is 0 Å². The summed E-state index contributed by atoms with van der Waals surface area (Å²) in [5, 5.41) is 3.06. The smallest absolute Gasteiger partial charge is 0.236 e. The van der Waals surface area contributed by atoms with Crippen molar-refractivity contribution in [3.8, 4) is 0 Å². The molecule has 1 heterocycles. The lowest BCUT2D eigenvalue weighted by Gasteiger charge is -2.29. The molecule has 1 saturated heterocycles. The van der Waals surface area contributed by atoms with Gasteiger partial charge in [0, 0.05) is 25.4 Å². The van der Waals surface area contributed by atoms with Crippen molar-refractivity contribution >= 4 is 17.7 Å². The third-order valence-electron chi connectivity index (χ3n) is 7.31. The van der Waals surface area contributed by atoms with Gasteiger partial charge in [0.05, 0.1) is 5.41 Å². The van der Waals surface area contributed by atoms with Crippen LogP contribution in [0.4, 0.5) is 0 Å². The van der Waals surface area contributed by atoms with Crippen molar-refractivity contribution in [1.29, 1.82) is 0 Å². The second-order valence-electron chi connectivity index (χ2n) is 10.3. The van der Waals surface area contributed by atoms with Crippen molar-refractivity contribution in [2.24, 2.45) is 28.6 Å². The van der Waals surface area contributed by atoms with E-state index in [1.54, 1.807) is 0 Å². The van der Waals surface area contributed by atoms with Crippen molar-refractivity contribution in [2.75, 3.05) is 13.1 Å². The number of carbonyl (C=O) groups excluding carboxylic acids is 3. The Hall–Kier alpha value is -1.39. The summed E-state index contributed by atoms with van der Waals surface area (Å²) in [6.07, 6.45) is 5.69. The van der Waals surface area contributed by atoms with E-state index < -0.39 is 5.41 Å². The Balaban J connectivity index is 1.71. The molecule has 2 fully saturated rings. The Bertz CT molecular complexity index is 593. The summed E-state index contributed by atoms with van der Waals surface area (Å²) in [5.41, 5.74) is -0.245. The minimum atomic E-state index is -0.517. The Morgan fingerprint density at radius 2 is 1.89 bits per heavy atom. The highest BCUT2D eigenvalue weighted by molar-refractivity contribution is 6.06. The molecular formula is C23H40N2O3. The van der Waals surface area contributed by atoms with Gasteiger partial charge in [-0.1, -0.05) is 41.5 Å². The van der Waals surface area contributed by atoms with Gasteiger partial charge in [-0.15, -0.1) is 0 Å². The number of nitrogens with one attached hydrogen (secondary N) is 1. The molecule has 0 radical (unpaired) electrons. The molecule has 0 bridgehead atoms. The first-order valence-electron chi connectivity index (χ1n) is 11.2. The van der Waals surface area contributed by atoms with Crippen molar-refractivity contribution < 1.29 is 14.4 Å². The molecule has 1 aliphatic heterocycles. The largest absolute Gasteiger partial charge is 0.356 e. The average Bonchev–Trinajstić information content (AvgIpc) is 3.20. The van der Waals surface area contributed by atoms with Crippen LogP contribution in [0.5, 0.6) is 0 Å². The van der Waals surface area contributed by atoms with Gasteiger partial charge in [-0.3, -0.25) is 19.3 Å². The van der Waals surface area contributed by atoms with E-state index in [0.717, 1.165) is 32.1 Å². The predicted molar refractivity (Wildman–Crippen MR) is 111 cm³/mol. The van der Waals surface area contributed by atoms with Crippen LogP contribution in [0, 0.1) is 28.6 Å². The molecule has 3 amide bonds. The molecule has 28 heavy (non-hydrogen) atoms. The van der Waals surface area contributed by atoms with Gasteiger partial charge in [-0.25, -0.2) is 0 Å². The lowest BCUT2D eigenvalue weighted by Crippen LogP contribution is -2.39. The van der Waals surface area contributed by atoms with Crippen LogP contribution in [0.3, 0.4) is 0 Å². The molecule has 2 aliphatic rings. The van der Waals surface area contributed by atoms with E-state index in [1.165, 1.54) is 4.90 Å². The third kappa shape index (κ3) is 4.77. The van der Waals surface area contributed by atoms with Crippen LogP contribution in [0.25, 0.3) is 0 Å². The first-order valence-corrected chi connectivity index (χ1v) is 11.2. The van der Waals surface area contributed by atoms with Gasteiger partial charge in [0.15, 0.2) is 0 Å². The molecule has 5 nitrogen and oxygen atoms in total. The first kappa shape index (κ1) is 22.9. The van der Waals surface area contributed by atoms with Crippen LogP contribution < -0.4 is 5.32 Å². The number of imide groups is 1.